The Hall–Kier alpha value is -0.280. The van der Waals surface area contributed by atoms with Gasteiger partial charge in [-0.1, -0.05) is 0 Å². The molecule has 4 heteroatoms. The highest BCUT2D eigenvalue weighted by atomic mass is 35.5. The molecule has 0 aliphatic heterocycles. The number of rotatable bonds is 2. The van der Waals surface area contributed by atoms with E-state index in [9.17, 15) is 4.79 Å². The van der Waals surface area contributed by atoms with Crippen molar-refractivity contribution in [2.75, 3.05) is 6.61 Å². The van der Waals surface area contributed by atoms with Crippen LogP contribution < -0.4 is 5.73 Å². The number of carbonyl (C=O) groups is 1. The van der Waals surface area contributed by atoms with E-state index in [1.54, 1.807) is 0 Å². The maximum absolute atomic E-state index is 11.3. The smallest absolute Gasteiger partial charge is 0.308 e. The van der Waals surface area contributed by atoms with E-state index in [1.165, 1.54) is 0 Å². The molecule has 1 aliphatic rings. The first-order valence-electron chi connectivity index (χ1n) is 4.71. The molecule has 1 aliphatic carbocycles. The molecule has 1 rings (SSSR count). The Labute approximate surface area is 83.6 Å². The fourth-order valence-electron chi connectivity index (χ4n) is 1.61. The SMILES string of the molecule is CCOC(=O)[C@H]1CC[C@H](N)[C@@H](Cl)C1. The molecule has 0 aromatic rings. The van der Waals surface area contributed by atoms with Gasteiger partial charge in [0.25, 0.3) is 0 Å². The van der Waals surface area contributed by atoms with Gasteiger partial charge in [-0.2, -0.15) is 0 Å². The van der Waals surface area contributed by atoms with Gasteiger partial charge in [0.2, 0.25) is 0 Å². The predicted octanol–water partition coefficient (Wildman–Crippen LogP) is 1.28. The monoisotopic (exact) mass is 205 g/mol. The standard InChI is InChI=1S/C9H16ClNO2/c1-2-13-9(12)6-3-4-8(11)7(10)5-6/h6-8H,2-5,11H2,1H3/t6-,7-,8-/m0/s1. The van der Waals surface area contributed by atoms with E-state index in [0.29, 0.717) is 13.0 Å². The lowest BCUT2D eigenvalue weighted by Gasteiger charge is -2.28. The predicted molar refractivity (Wildman–Crippen MR) is 51.6 cm³/mol. The summed E-state index contributed by atoms with van der Waals surface area (Å²) in [5.41, 5.74) is 5.73. The Morgan fingerprint density at radius 2 is 2.31 bits per heavy atom. The zero-order valence-electron chi connectivity index (χ0n) is 7.83. The van der Waals surface area contributed by atoms with Crippen molar-refractivity contribution >= 4 is 17.6 Å². The van der Waals surface area contributed by atoms with E-state index in [0.717, 1.165) is 12.8 Å². The highest BCUT2D eigenvalue weighted by molar-refractivity contribution is 6.21. The third-order valence-electron chi connectivity index (χ3n) is 2.44. The highest BCUT2D eigenvalue weighted by Gasteiger charge is 2.31. The molecular formula is C9H16ClNO2. The minimum absolute atomic E-state index is 0.0346. The average Bonchev–Trinajstić information content (AvgIpc) is 2.10. The summed E-state index contributed by atoms with van der Waals surface area (Å²) in [6, 6.07) is 0.0346. The van der Waals surface area contributed by atoms with Crippen LogP contribution in [-0.4, -0.2) is 24.0 Å². The number of nitrogens with two attached hydrogens (primary N) is 1. The average molecular weight is 206 g/mol. The summed E-state index contributed by atoms with van der Waals surface area (Å²) < 4.78 is 4.93. The number of esters is 1. The Balaban J connectivity index is 2.40. The number of halogens is 1. The van der Waals surface area contributed by atoms with Gasteiger partial charge in [0, 0.05) is 11.4 Å². The summed E-state index contributed by atoms with van der Waals surface area (Å²) in [6.45, 7) is 2.25. The molecule has 0 spiro atoms. The van der Waals surface area contributed by atoms with Crippen molar-refractivity contribution in [3.63, 3.8) is 0 Å². The first kappa shape index (κ1) is 10.8. The molecule has 0 aromatic heterocycles. The topological polar surface area (TPSA) is 52.3 Å². The summed E-state index contributed by atoms with van der Waals surface area (Å²) >= 11 is 5.97. The van der Waals surface area contributed by atoms with Crippen LogP contribution in [0.25, 0.3) is 0 Å². The minimum Gasteiger partial charge on any atom is -0.466 e. The van der Waals surface area contributed by atoms with Gasteiger partial charge >= 0.3 is 5.97 Å². The van der Waals surface area contributed by atoms with Gasteiger partial charge < -0.3 is 10.5 Å². The number of hydrogen-bond acceptors (Lipinski definition) is 3. The molecule has 0 heterocycles. The third kappa shape index (κ3) is 2.85. The van der Waals surface area contributed by atoms with Crippen LogP contribution in [0.5, 0.6) is 0 Å². The molecule has 0 bridgehead atoms. The van der Waals surface area contributed by atoms with Gasteiger partial charge in [-0.3, -0.25) is 4.79 Å². The fraction of sp³-hybridized carbons (Fsp3) is 0.889. The Bertz CT molecular complexity index is 186. The summed E-state index contributed by atoms with van der Waals surface area (Å²) in [4.78, 5) is 11.3. The van der Waals surface area contributed by atoms with Gasteiger partial charge in [0.15, 0.2) is 0 Å². The van der Waals surface area contributed by atoms with Crippen LogP contribution in [0.4, 0.5) is 0 Å². The van der Waals surface area contributed by atoms with Crippen molar-refractivity contribution in [1.29, 1.82) is 0 Å². The summed E-state index contributed by atoms with van der Waals surface area (Å²) in [5, 5.41) is -0.0804. The summed E-state index contributed by atoms with van der Waals surface area (Å²) in [6.07, 6.45) is 2.28. The van der Waals surface area contributed by atoms with Crippen LogP contribution >= 0.6 is 11.6 Å². The summed E-state index contributed by atoms with van der Waals surface area (Å²) in [5.74, 6) is -0.165. The van der Waals surface area contributed by atoms with Gasteiger partial charge in [0.05, 0.1) is 12.5 Å². The molecule has 0 amide bonds. The molecule has 3 nitrogen and oxygen atoms in total. The Morgan fingerprint density at radius 3 is 2.85 bits per heavy atom. The first-order valence-corrected chi connectivity index (χ1v) is 5.15. The quantitative estimate of drug-likeness (QED) is 0.546. The first-order chi connectivity index (χ1) is 6.15. The summed E-state index contributed by atoms with van der Waals surface area (Å²) in [7, 11) is 0. The highest BCUT2D eigenvalue weighted by Crippen LogP contribution is 2.27. The molecule has 0 aromatic carbocycles. The second kappa shape index (κ2) is 4.82. The number of carbonyl (C=O) groups excluding carboxylic acids is 1. The van der Waals surface area contributed by atoms with Gasteiger partial charge in [-0.15, -0.1) is 11.6 Å². The van der Waals surface area contributed by atoms with Gasteiger partial charge in [-0.05, 0) is 26.2 Å². The molecule has 0 unspecified atom stereocenters. The maximum Gasteiger partial charge on any atom is 0.308 e. The molecular weight excluding hydrogens is 190 g/mol. The largest absolute Gasteiger partial charge is 0.466 e. The van der Waals surface area contributed by atoms with Crippen LogP contribution in [-0.2, 0) is 9.53 Å². The number of ether oxygens (including phenoxy) is 1. The van der Waals surface area contributed by atoms with Crippen LogP contribution in [0.15, 0.2) is 0 Å². The van der Waals surface area contributed by atoms with Crippen LogP contribution in [0.1, 0.15) is 26.2 Å². The molecule has 1 fully saturated rings. The van der Waals surface area contributed by atoms with E-state index >= 15 is 0 Å². The molecule has 0 saturated heterocycles. The lowest BCUT2D eigenvalue weighted by atomic mass is 9.86. The van der Waals surface area contributed by atoms with Crippen molar-refractivity contribution < 1.29 is 9.53 Å². The van der Waals surface area contributed by atoms with E-state index in [4.69, 9.17) is 22.1 Å². The number of hydrogen-bond donors (Lipinski definition) is 1. The molecule has 76 valence electrons. The van der Waals surface area contributed by atoms with Crippen molar-refractivity contribution in [2.24, 2.45) is 11.7 Å². The normalized spacial score (nSPS) is 34.2. The van der Waals surface area contributed by atoms with E-state index in [-0.39, 0.29) is 23.3 Å². The Kier molecular flexibility index (Phi) is 4.00. The van der Waals surface area contributed by atoms with Crippen molar-refractivity contribution in [3.8, 4) is 0 Å². The Morgan fingerprint density at radius 1 is 1.62 bits per heavy atom. The maximum atomic E-state index is 11.3. The minimum atomic E-state index is -0.125. The molecule has 0 radical (unpaired) electrons. The lowest BCUT2D eigenvalue weighted by Crippen LogP contribution is -2.39. The van der Waals surface area contributed by atoms with Crippen molar-refractivity contribution in [2.45, 2.75) is 37.6 Å². The molecule has 1 saturated carbocycles. The second-order valence-electron chi connectivity index (χ2n) is 3.44. The second-order valence-corrected chi connectivity index (χ2v) is 4.00. The van der Waals surface area contributed by atoms with Crippen molar-refractivity contribution in [1.82, 2.24) is 0 Å². The zero-order chi connectivity index (χ0) is 9.84. The van der Waals surface area contributed by atoms with Crippen molar-refractivity contribution in [3.05, 3.63) is 0 Å². The molecule has 2 N–H and O–H groups in total. The molecule has 3 atom stereocenters. The number of alkyl halides is 1. The van der Waals surface area contributed by atoms with E-state index in [1.807, 2.05) is 6.92 Å². The van der Waals surface area contributed by atoms with Crippen LogP contribution in [0, 0.1) is 5.92 Å². The van der Waals surface area contributed by atoms with Crippen LogP contribution in [0.3, 0.4) is 0 Å². The van der Waals surface area contributed by atoms with E-state index < -0.39 is 0 Å². The fourth-order valence-corrected chi connectivity index (χ4v) is 1.95. The van der Waals surface area contributed by atoms with Gasteiger partial charge in [-0.25, -0.2) is 0 Å². The lowest BCUT2D eigenvalue weighted by molar-refractivity contribution is -0.149. The zero-order valence-corrected chi connectivity index (χ0v) is 8.59. The third-order valence-corrected chi connectivity index (χ3v) is 2.94. The molecule has 13 heavy (non-hydrogen) atoms. The van der Waals surface area contributed by atoms with Gasteiger partial charge in [0.1, 0.15) is 0 Å². The van der Waals surface area contributed by atoms with Crippen LogP contribution in [0.2, 0.25) is 0 Å². The van der Waals surface area contributed by atoms with E-state index in [2.05, 4.69) is 0 Å².